The lowest BCUT2D eigenvalue weighted by Gasteiger charge is -1.97. The third kappa shape index (κ3) is 1.41. The van der Waals surface area contributed by atoms with E-state index in [1.54, 1.807) is 4.52 Å². The van der Waals surface area contributed by atoms with Crippen molar-refractivity contribution in [1.29, 1.82) is 0 Å². The monoisotopic (exact) mass is 229 g/mol. The third-order valence-electron chi connectivity index (χ3n) is 2.71. The van der Waals surface area contributed by atoms with Crippen molar-refractivity contribution in [3.63, 3.8) is 0 Å². The summed E-state index contributed by atoms with van der Waals surface area (Å²) in [6.07, 6.45) is 4.75. The van der Waals surface area contributed by atoms with Crippen molar-refractivity contribution in [3.8, 4) is 0 Å². The van der Waals surface area contributed by atoms with Gasteiger partial charge in [0.05, 0.1) is 17.3 Å². The van der Waals surface area contributed by atoms with Gasteiger partial charge in [-0.2, -0.15) is 0 Å². The van der Waals surface area contributed by atoms with Crippen LogP contribution in [0, 0.1) is 0 Å². The van der Waals surface area contributed by atoms with Crippen LogP contribution in [0.15, 0.2) is 23.5 Å². The highest BCUT2D eigenvalue weighted by atomic mass is 16.1. The predicted molar refractivity (Wildman–Crippen MR) is 63.0 cm³/mol. The molecule has 0 radical (unpaired) electrons. The van der Waals surface area contributed by atoms with Crippen molar-refractivity contribution in [2.24, 2.45) is 0 Å². The van der Waals surface area contributed by atoms with Crippen LogP contribution in [0.1, 0.15) is 25.5 Å². The van der Waals surface area contributed by atoms with E-state index in [-0.39, 0.29) is 5.56 Å². The van der Waals surface area contributed by atoms with Crippen LogP contribution in [0.4, 0.5) is 0 Å². The van der Waals surface area contributed by atoms with Gasteiger partial charge in [0.2, 0.25) is 0 Å². The quantitative estimate of drug-likeness (QED) is 0.677. The second-order valence-electron chi connectivity index (χ2n) is 4.24. The van der Waals surface area contributed by atoms with E-state index in [1.165, 1.54) is 12.5 Å². The van der Waals surface area contributed by atoms with Gasteiger partial charge in [-0.05, 0) is 5.92 Å². The Morgan fingerprint density at radius 1 is 1.41 bits per heavy atom. The number of nitrogens with zero attached hydrogens (tertiary/aromatic N) is 4. The molecule has 0 aliphatic rings. The lowest BCUT2D eigenvalue weighted by molar-refractivity contribution is 0.828. The number of H-pyrrole nitrogens is 1. The molecule has 0 aliphatic carbocycles. The second kappa shape index (κ2) is 3.38. The molecule has 3 heterocycles. The van der Waals surface area contributed by atoms with Gasteiger partial charge in [-0.1, -0.05) is 13.8 Å². The first-order valence-electron chi connectivity index (χ1n) is 5.38. The van der Waals surface area contributed by atoms with Crippen molar-refractivity contribution < 1.29 is 0 Å². The molecule has 1 N–H and O–H groups in total. The van der Waals surface area contributed by atoms with Gasteiger partial charge >= 0.3 is 0 Å². The van der Waals surface area contributed by atoms with Crippen molar-refractivity contribution in [3.05, 3.63) is 34.8 Å². The molecule has 0 amide bonds. The standard InChI is InChI=1S/C11H11N5O/c1-6(2)8-4-16-10(14-8)9-7(11(17)15-16)3-12-5-13-9/h3-6H,1-2H3,(H,15,17). The fraction of sp³-hybridized carbons (Fsp3) is 0.273. The molecular formula is C11H11N5O. The Labute approximate surface area is 96.3 Å². The molecule has 0 aliphatic heterocycles. The minimum atomic E-state index is -0.208. The number of aromatic nitrogens is 5. The van der Waals surface area contributed by atoms with Crippen LogP contribution in [-0.4, -0.2) is 24.6 Å². The lowest BCUT2D eigenvalue weighted by Crippen LogP contribution is -2.12. The summed E-state index contributed by atoms with van der Waals surface area (Å²) in [6, 6.07) is 0. The topological polar surface area (TPSA) is 75.9 Å². The maximum absolute atomic E-state index is 11.8. The van der Waals surface area contributed by atoms with Crippen LogP contribution in [-0.2, 0) is 0 Å². The Kier molecular flexibility index (Phi) is 1.98. The zero-order valence-electron chi connectivity index (χ0n) is 9.51. The number of aromatic amines is 1. The molecule has 86 valence electrons. The first-order valence-corrected chi connectivity index (χ1v) is 5.38. The zero-order chi connectivity index (χ0) is 12.0. The summed E-state index contributed by atoms with van der Waals surface area (Å²) in [6.45, 7) is 4.11. The maximum atomic E-state index is 11.8. The third-order valence-corrected chi connectivity index (χ3v) is 2.71. The zero-order valence-corrected chi connectivity index (χ0v) is 9.51. The normalized spacial score (nSPS) is 11.7. The SMILES string of the molecule is CC(C)c1cn2[nH]c(=O)c3cncnc3c2n1. The Morgan fingerprint density at radius 3 is 3.00 bits per heavy atom. The molecule has 3 rings (SSSR count). The minimum absolute atomic E-state index is 0.208. The van der Waals surface area contributed by atoms with Crippen molar-refractivity contribution in [2.45, 2.75) is 19.8 Å². The number of nitrogens with one attached hydrogen (secondary N) is 1. The molecule has 0 atom stereocenters. The van der Waals surface area contributed by atoms with E-state index in [1.807, 2.05) is 6.20 Å². The first kappa shape index (κ1) is 9.95. The molecular weight excluding hydrogens is 218 g/mol. The summed E-state index contributed by atoms with van der Waals surface area (Å²) < 4.78 is 1.62. The Hall–Kier alpha value is -2.24. The van der Waals surface area contributed by atoms with Crippen LogP contribution in [0.25, 0.3) is 16.6 Å². The van der Waals surface area contributed by atoms with Crippen LogP contribution in [0.5, 0.6) is 0 Å². The van der Waals surface area contributed by atoms with E-state index in [0.29, 0.717) is 22.5 Å². The fourth-order valence-corrected chi connectivity index (χ4v) is 1.77. The summed E-state index contributed by atoms with van der Waals surface area (Å²) in [4.78, 5) is 24.3. The van der Waals surface area contributed by atoms with Gasteiger partial charge in [0.15, 0.2) is 5.65 Å². The van der Waals surface area contributed by atoms with Gasteiger partial charge in [0.1, 0.15) is 11.8 Å². The molecule has 0 aromatic carbocycles. The molecule has 0 unspecified atom stereocenters. The Balaban J connectivity index is 2.50. The van der Waals surface area contributed by atoms with Crippen LogP contribution in [0.2, 0.25) is 0 Å². The van der Waals surface area contributed by atoms with E-state index in [0.717, 1.165) is 5.69 Å². The largest absolute Gasteiger partial charge is 0.274 e. The molecule has 6 heteroatoms. The van der Waals surface area contributed by atoms with Gasteiger partial charge in [-0.3, -0.25) is 9.89 Å². The summed E-state index contributed by atoms with van der Waals surface area (Å²) in [5.74, 6) is 0.301. The van der Waals surface area contributed by atoms with Crippen molar-refractivity contribution in [2.75, 3.05) is 0 Å². The van der Waals surface area contributed by atoms with Crippen LogP contribution < -0.4 is 5.56 Å². The average molecular weight is 229 g/mol. The predicted octanol–water partition coefficient (Wildman–Crippen LogP) is 1.09. The van der Waals surface area contributed by atoms with E-state index < -0.39 is 0 Å². The minimum Gasteiger partial charge on any atom is -0.267 e. The van der Waals surface area contributed by atoms with Crippen molar-refractivity contribution in [1.82, 2.24) is 24.6 Å². The smallest absolute Gasteiger partial charge is 0.267 e. The van der Waals surface area contributed by atoms with Gasteiger partial charge in [-0.25, -0.2) is 19.5 Å². The molecule has 6 nitrogen and oxygen atoms in total. The van der Waals surface area contributed by atoms with E-state index in [2.05, 4.69) is 33.9 Å². The summed E-state index contributed by atoms with van der Waals surface area (Å²) in [5.41, 5.74) is 1.95. The van der Waals surface area contributed by atoms with Gasteiger partial charge in [0, 0.05) is 6.20 Å². The number of hydrogen-bond acceptors (Lipinski definition) is 4. The highest BCUT2D eigenvalue weighted by molar-refractivity contribution is 5.88. The molecule has 0 fully saturated rings. The Bertz CT molecular complexity index is 755. The highest BCUT2D eigenvalue weighted by Gasteiger charge is 2.11. The number of imidazole rings is 1. The maximum Gasteiger partial charge on any atom is 0.274 e. The molecule has 0 saturated heterocycles. The number of rotatable bonds is 1. The lowest BCUT2D eigenvalue weighted by atomic mass is 10.2. The molecule has 0 spiro atoms. The molecule has 0 bridgehead atoms. The summed E-state index contributed by atoms with van der Waals surface area (Å²) >= 11 is 0. The number of fused-ring (bicyclic) bond motifs is 3. The first-order chi connectivity index (χ1) is 8.16. The van der Waals surface area contributed by atoms with E-state index in [4.69, 9.17) is 0 Å². The van der Waals surface area contributed by atoms with Crippen LogP contribution >= 0.6 is 0 Å². The van der Waals surface area contributed by atoms with Crippen molar-refractivity contribution >= 4 is 16.6 Å². The number of hydrogen-bond donors (Lipinski definition) is 1. The van der Waals surface area contributed by atoms with E-state index >= 15 is 0 Å². The van der Waals surface area contributed by atoms with E-state index in [9.17, 15) is 4.79 Å². The van der Waals surface area contributed by atoms with Gasteiger partial charge in [0.25, 0.3) is 5.56 Å². The molecule has 0 saturated carbocycles. The molecule has 3 aromatic rings. The average Bonchev–Trinajstić information content (AvgIpc) is 2.73. The fourth-order valence-electron chi connectivity index (χ4n) is 1.77. The Morgan fingerprint density at radius 2 is 2.24 bits per heavy atom. The van der Waals surface area contributed by atoms with Crippen LogP contribution in [0.3, 0.4) is 0 Å². The second-order valence-corrected chi connectivity index (χ2v) is 4.24. The molecule has 17 heavy (non-hydrogen) atoms. The molecule has 3 aromatic heterocycles. The highest BCUT2D eigenvalue weighted by Crippen LogP contribution is 2.16. The van der Waals surface area contributed by atoms with Gasteiger partial charge in [-0.15, -0.1) is 0 Å². The summed E-state index contributed by atoms with van der Waals surface area (Å²) in [5, 5.41) is 3.19. The summed E-state index contributed by atoms with van der Waals surface area (Å²) in [7, 11) is 0. The van der Waals surface area contributed by atoms with Gasteiger partial charge < -0.3 is 0 Å².